The average Bonchev–Trinajstić information content (AvgIpc) is 2.58. The van der Waals surface area contributed by atoms with Crippen LogP contribution in [0.1, 0.15) is 33.1 Å². The average molecular weight is 164 g/mol. The summed E-state index contributed by atoms with van der Waals surface area (Å²) in [7, 11) is 0. The maximum Gasteiger partial charge on any atom is 0.0866 e. The number of hydrogen-bond donors (Lipinski definition) is 1. The Hall–Kier alpha value is -0.300. The zero-order valence-corrected chi connectivity index (χ0v) is 7.80. The Morgan fingerprint density at radius 2 is 2.25 bits per heavy atom. The molecule has 0 aliphatic heterocycles. The molecule has 4 unspecified atom stereocenters. The van der Waals surface area contributed by atoms with E-state index in [4.69, 9.17) is 0 Å². The normalized spacial score (nSPS) is 61.1. The summed E-state index contributed by atoms with van der Waals surface area (Å²) in [5.74, 6) is 1.37. The van der Waals surface area contributed by atoms with E-state index in [9.17, 15) is 5.11 Å². The van der Waals surface area contributed by atoms with Crippen molar-refractivity contribution in [2.24, 2.45) is 17.3 Å². The molecule has 0 heterocycles. The van der Waals surface area contributed by atoms with Crippen LogP contribution in [0.4, 0.5) is 0 Å². The van der Waals surface area contributed by atoms with Gasteiger partial charge >= 0.3 is 0 Å². The molecule has 2 fully saturated rings. The number of allylic oxidation sites excluding steroid dienone is 1. The minimum atomic E-state index is -0.440. The largest absolute Gasteiger partial charge is 0.385 e. The fourth-order valence-corrected chi connectivity index (χ4v) is 3.67. The standard InChI is InChI=1S/C11H16O/c1-7-3-8-5-11(4-7)6-9(11)10(8,2)12/h6-8,12H,3-5H2,1-2H3. The lowest BCUT2D eigenvalue weighted by Gasteiger charge is -2.32. The Morgan fingerprint density at radius 3 is 2.92 bits per heavy atom. The number of hydrogen-bond acceptors (Lipinski definition) is 1. The molecule has 0 radical (unpaired) electrons. The molecule has 3 aliphatic rings. The lowest BCUT2D eigenvalue weighted by molar-refractivity contribution is 0.0382. The molecular formula is C11H16O. The van der Waals surface area contributed by atoms with Gasteiger partial charge in [-0.3, -0.25) is 0 Å². The molecule has 0 amide bonds. The molecule has 0 aromatic rings. The molecule has 4 atom stereocenters. The van der Waals surface area contributed by atoms with E-state index in [1.165, 1.54) is 24.8 Å². The second-order valence-electron chi connectivity index (χ2n) is 5.31. The summed E-state index contributed by atoms with van der Waals surface area (Å²) in [6.07, 6.45) is 6.08. The van der Waals surface area contributed by atoms with E-state index in [-0.39, 0.29) is 0 Å². The highest BCUT2D eigenvalue weighted by Crippen LogP contribution is 2.70. The minimum absolute atomic E-state index is 0.409. The van der Waals surface area contributed by atoms with E-state index in [2.05, 4.69) is 13.0 Å². The first-order valence-corrected chi connectivity index (χ1v) is 5.01. The van der Waals surface area contributed by atoms with Gasteiger partial charge in [-0.15, -0.1) is 0 Å². The molecule has 1 heteroatoms. The van der Waals surface area contributed by atoms with Crippen LogP contribution in [0.3, 0.4) is 0 Å². The topological polar surface area (TPSA) is 20.2 Å². The second-order valence-corrected chi connectivity index (χ2v) is 5.31. The maximum atomic E-state index is 10.2. The monoisotopic (exact) mass is 164 g/mol. The SMILES string of the molecule is CC1CC2CC3(C=C3C2(C)O)C1. The van der Waals surface area contributed by atoms with E-state index in [0.29, 0.717) is 11.3 Å². The van der Waals surface area contributed by atoms with Gasteiger partial charge in [-0.2, -0.15) is 0 Å². The van der Waals surface area contributed by atoms with Crippen LogP contribution >= 0.6 is 0 Å². The molecule has 0 aromatic carbocycles. The van der Waals surface area contributed by atoms with Crippen molar-refractivity contribution in [3.63, 3.8) is 0 Å². The van der Waals surface area contributed by atoms with Crippen LogP contribution in [0, 0.1) is 17.3 Å². The molecule has 3 rings (SSSR count). The van der Waals surface area contributed by atoms with Crippen LogP contribution < -0.4 is 0 Å². The van der Waals surface area contributed by atoms with Crippen molar-refractivity contribution in [1.82, 2.24) is 0 Å². The highest BCUT2D eigenvalue weighted by molar-refractivity contribution is 5.51. The zero-order valence-electron chi connectivity index (χ0n) is 7.80. The van der Waals surface area contributed by atoms with Gasteiger partial charge in [-0.1, -0.05) is 13.0 Å². The Labute approximate surface area is 73.5 Å². The van der Waals surface area contributed by atoms with Crippen LogP contribution in [0.5, 0.6) is 0 Å². The van der Waals surface area contributed by atoms with Crippen molar-refractivity contribution in [2.75, 3.05) is 0 Å². The highest BCUT2D eigenvalue weighted by atomic mass is 16.3. The second kappa shape index (κ2) is 1.65. The van der Waals surface area contributed by atoms with Crippen LogP contribution in [-0.2, 0) is 0 Å². The lowest BCUT2D eigenvalue weighted by Crippen LogP contribution is -2.31. The molecule has 1 N–H and O–H groups in total. The summed E-state index contributed by atoms with van der Waals surface area (Å²) in [4.78, 5) is 0. The fourth-order valence-electron chi connectivity index (χ4n) is 3.67. The number of fused-ring (bicyclic) bond motifs is 1. The summed E-state index contributed by atoms with van der Waals surface area (Å²) >= 11 is 0. The van der Waals surface area contributed by atoms with Crippen molar-refractivity contribution in [1.29, 1.82) is 0 Å². The summed E-state index contributed by atoms with van der Waals surface area (Å²) < 4.78 is 0. The third-order valence-corrected chi connectivity index (χ3v) is 4.22. The first-order chi connectivity index (χ1) is 5.55. The summed E-state index contributed by atoms with van der Waals surface area (Å²) in [6, 6.07) is 0. The van der Waals surface area contributed by atoms with Gasteiger partial charge in [-0.25, -0.2) is 0 Å². The van der Waals surface area contributed by atoms with E-state index in [0.717, 1.165) is 5.92 Å². The molecule has 1 spiro atoms. The first-order valence-electron chi connectivity index (χ1n) is 5.01. The molecule has 66 valence electrons. The van der Waals surface area contributed by atoms with Gasteiger partial charge in [0.2, 0.25) is 0 Å². The van der Waals surface area contributed by atoms with Crippen LogP contribution in [0.2, 0.25) is 0 Å². The molecule has 2 saturated carbocycles. The van der Waals surface area contributed by atoms with E-state index < -0.39 is 5.60 Å². The van der Waals surface area contributed by atoms with Crippen molar-refractivity contribution >= 4 is 0 Å². The third kappa shape index (κ3) is 0.610. The maximum absolute atomic E-state index is 10.2. The number of rotatable bonds is 0. The molecular weight excluding hydrogens is 148 g/mol. The van der Waals surface area contributed by atoms with E-state index in [1.54, 1.807) is 0 Å². The van der Waals surface area contributed by atoms with Crippen LogP contribution in [0.15, 0.2) is 11.6 Å². The Morgan fingerprint density at radius 1 is 1.50 bits per heavy atom. The third-order valence-electron chi connectivity index (χ3n) is 4.22. The predicted octanol–water partition coefficient (Wildman–Crippen LogP) is 2.11. The van der Waals surface area contributed by atoms with Crippen LogP contribution in [0.25, 0.3) is 0 Å². The minimum Gasteiger partial charge on any atom is -0.385 e. The van der Waals surface area contributed by atoms with E-state index >= 15 is 0 Å². The summed E-state index contributed by atoms with van der Waals surface area (Å²) in [5.41, 5.74) is 1.33. The number of aliphatic hydroxyl groups is 1. The Kier molecular flexibility index (Phi) is 0.981. The van der Waals surface area contributed by atoms with Crippen molar-refractivity contribution in [3.8, 4) is 0 Å². The molecule has 12 heavy (non-hydrogen) atoms. The van der Waals surface area contributed by atoms with Gasteiger partial charge in [-0.05, 0) is 43.6 Å². The lowest BCUT2D eigenvalue weighted by atomic mass is 9.75. The Bertz CT molecular complexity index is 277. The van der Waals surface area contributed by atoms with Crippen LogP contribution in [-0.4, -0.2) is 10.7 Å². The molecule has 3 aliphatic carbocycles. The molecule has 1 nitrogen and oxygen atoms in total. The summed E-state index contributed by atoms with van der Waals surface area (Å²) in [6.45, 7) is 4.33. The predicted molar refractivity (Wildman–Crippen MR) is 47.6 cm³/mol. The summed E-state index contributed by atoms with van der Waals surface area (Å²) in [5, 5.41) is 10.2. The van der Waals surface area contributed by atoms with Crippen molar-refractivity contribution in [3.05, 3.63) is 11.6 Å². The van der Waals surface area contributed by atoms with Gasteiger partial charge in [0.1, 0.15) is 0 Å². The van der Waals surface area contributed by atoms with Crippen molar-refractivity contribution < 1.29 is 5.11 Å². The Balaban J connectivity index is 2.02. The van der Waals surface area contributed by atoms with Gasteiger partial charge in [0.25, 0.3) is 0 Å². The van der Waals surface area contributed by atoms with Gasteiger partial charge in [0, 0.05) is 5.41 Å². The first kappa shape index (κ1) is 7.14. The van der Waals surface area contributed by atoms with Gasteiger partial charge in [0.15, 0.2) is 0 Å². The fraction of sp³-hybridized carbons (Fsp3) is 0.818. The van der Waals surface area contributed by atoms with Gasteiger partial charge in [0.05, 0.1) is 5.60 Å². The zero-order chi connectivity index (χ0) is 8.56. The molecule has 0 saturated heterocycles. The highest BCUT2D eigenvalue weighted by Gasteiger charge is 2.64. The van der Waals surface area contributed by atoms with E-state index in [1.807, 2.05) is 6.92 Å². The molecule has 2 bridgehead atoms. The van der Waals surface area contributed by atoms with Crippen molar-refractivity contribution in [2.45, 2.75) is 38.7 Å². The smallest absolute Gasteiger partial charge is 0.0866 e. The van der Waals surface area contributed by atoms with Gasteiger partial charge < -0.3 is 5.11 Å². The quantitative estimate of drug-likeness (QED) is 0.544. The molecule has 0 aromatic heterocycles.